The average molecular weight is 285 g/mol. The third-order valence-electron chi connectivity index (χ3n) is 2.56. The highest BCUT2D eigenvalue weighted by molar-refractivity contribution is 9.09. The number of hydrogen-bond donors (Lipinski definition) is 0. The van der Waals surface area contributed by atoms with Crippen LogP contribution in [0.3, 0.4) is 0 Å². The first-order valence-electron chi connectivity index (χ1n) is 6.12. The molecule has 90 valence electrons. The molecule has 0 amide bonds. The molecule has 0 aromatic heterocycles. The molecule has 0 aliphatic rings. The van der Waals surface area contributed by atoms with Gasteiger partial charge in [-0.15, -0.1) is 0 Å². The van der Waals surface area contributed by atoms with Crippen LogP contribution in [0.2, 0.25) is 0 Å². The summed E-state index contributed by atoms with van der Waals surface area (Å²) in [4.78, 5) is 0.647. The maximum Gasteiger partial charge on any atom is 0.119 e. The third-order valence-corrected chi connectivity index (χ3v) is 3.47. The number of alkyl halides is 1. The van der Waals surface area contributed by atoms with Crippen molar-refractivity contribution < 1.29 is 4.74 Å². The minimum Gasteiger partial charge on any atom is -0.494 e. The fraction of sp³-hybridized carbons (Fsp3) is 0.571. The lowest BCUT2D eigenvalue weighted by Gasteiger charge is -2.09. The minimum atomic E-state index is 0.647. The average Bonchev–Trinajstić information content (AvgIpc) is 2.28. The van der Waals surface area contributed by atoms with E-state index in [0.717, 1.165) is 18.8 Å². The largest absolute Gasteiger partial charge is 0.494 e. The van der Waals surface area contributed by atoms with Gasteiger partial charge in [0.1, 0.15) is 5.75 Å². The van der Waals surface area contributed by atoms with Crippen LogP contribution in [0.15, 0.2) is 24.3 Å². The van der Waals surface area contributed by atoms with Crippen LogP contribution in [0.4, 0.5) is 0 Å². The molecule has 0 aliphatic carbocycles. The molecule has 0 N–H and O–H groups in total. The van der Waals surface area contributed by atoms with Crippen molar-refractivity contribution in [1.82, 2.24) is 0 Å². The van der Waals surface area contributed by atoms with Crippen LogP contribution in [-0.2, 0) is 6.42 Å². The van der Waals surface area contributed by atoms with Gasteiger partial charge in [0.25, 0.3) is 0 Å². The molecule has 0 heterocycles. The van der Waals surface area contributed by atoms with E-state index in [-0.39, 0.29) is 0 Å². The zero-order valence-electron chi connectivity index (χ0n) is 10.2. The molecule has 0 radical (unpaired) electrons. The molecule has 1 atom stereocenters. The molecule has 1 nitrogen and oxygen atoms in total. The summed E-state index contributed by atoms with van der Waals surface area (Å²) < 4.78 is 5.49. The highest BCUT2D eigenvalue weighted by Gasteiger charge is 2.03. The Labute approximate surface area is 107 Å². The van der Waals surface area contributed by atoms with Gasteiger partial charge in [0.05, 0.1) is 6.61 Å². The second-order valence-corrected chi connectivity index (χ2v) is 5.30. The van der Waals surface area contributed by atoms with Gasteiger partial charge in [-0.2, -0.15) is 0 Å². The number of hydrogen-bond acceptors (Lipinski definition) is 1. The third kappa shape index (κ3) is 5.02. The summed E-state index contributed by atoms with van der Waals surface area (Å²) in [7, 11) is 0. The molecule has 1 aromatic rings. The van der Waals surface area contributed by atoms with E-state index in [1.807, 2.05) is 13.0 Å². The Hall–Kier alpha value is -0.500. The van der Waals surface area contributed by atoms with E-state index in [1.165, 1.54) is 24.8 Å². The van der Waals surface area contributed by atoms with Crippen LogP contribution in [-0.4, -0.2) is 11.4 Å². The van der Waals surface area contributed by atoms with E-state index < -0.39 is 0 Å². The smallest absolute Gasteiger partial charge is 0.119 e. The number of halogens is 1. The fourth-order valence-corrected chi connectivity index (χ4v) is 2.43. The molecule has 16 heavy (non-hydrogen) atoms. The summed E-state index contributed by atoms with van der Waals surface area (Å²) in [6, 6.07) is 8.41. The van der Waals surface area contributed by atoms with Crippen molar-refractivity contribution in [2.45, 2.75) is 44.4 Å². The van der Waals surface area contributed by atoms with Crippen molar-refractivity contribution in [2.75, 3.05) is 6.61 Å². The van der Waals surface area contributed by atoms with Crippen molar-refractivity contribution in [2.24, 2.45) is 0 Å². The zero-order chi connectivity index (χ0) is 11.8. The summed E-state index contributed by atoms with van der Waals surface area (Å²) in [5.41, 5.74) is 1.37. The Morgan fingerprint density at radius 2 is 2.06 bits per heavy atom. The molecule has 1 aromatic carbocycles. The Morgan fingerprint density at radius 1 is 1.25 bits per heavy atom. The molecule has 0 saturated heterocycles. The van der Waals surface area contributed by atoms with Crippen LogP contribution in [0.1, 0.15) is 38.7 Å². The van der Waals surface area contributed by atoms with E-state index in [9.17, 15) is 0 Å². The first kappa shape index (κ1) is 13.6. The number of benzene rings is 1. The van der Waals surface area contributed by atoms with E-state index in [1.54, 1.807) is 0 Å². The highest BCUT2D eigenvalue weighted by atomic mass is 79.9. The first-order chi connectivity index (χ1) is 7.76. The maximum absolute atomic E-state index is 5.49. The van der Waals surface area contributed by atoms with Crippen molar-refractivity contribution in [3.05, 3.63) is 29.8 Å². The molecule has 0 aliphatic heterocycles. The van der Waals surface area contributed by atoms with Crippen molar-refractivity contribution in [3.63, 3.8) is 0 Å². The predicted molar refractivity (Wildman–Crippen MR) is 73.6 cm³/mol. The Kier molecular flexibility index (Phi) is 6.55. The summed E-state index contributed by atoms with van der Waals surface area (Å²) in [5.74, 6) is 0.988. The minimum absolute atomic E-state index is 0.647. The van der Waals surface area contributed by atoms with Crippen LogP contribution in [0, 0.1) is 0 Å². The van der Waals surface area contributed by atoms with Gasteiger partial charge in [-0.1, -0.05) is 41.4 Å². The molecule has 0 saturated carbocycles. The second-order valence-electron chi connectivity index (χ2n) is 4.01. The lowest BCUT2D eigenvalue weighted by molar-refractivity contribution is 0.340. The molecular formula is C14H21BrO. The van der Waals surface area contributed by atoms with E-state index >= 15 is 0 Å². The van der Waals surface area contributed by atoms with Crippen LogP contribution in [0.5, 0.6) is 5.75 Å². The molecule has 0 spiro atoms. The first-order valence-corrected chi connectivity index (χ1v) is 7.03. The normalized spacial score (nSPS) is 12.4. The van der Waals surface area contributed by atoms with Crippen LogP contribution in [0.25, 0.3) is 0 Å². The van der Waals surface area contributed by atoms with Crippen molar-refractivity contribution in [1.29, 1.82) is 0 Å². The summed E-state index contributed by atoms with van der Waals surface area (Å²) in [6.45, 7) is 4.98. The summed E-state index contributed by atoms with van der Waals surface area (Å²) in [5, 5.41) is 0. The Bertz CT molecular complexity index is 299. The topological polar surface area (TPSA) is 9.23 Å². The molecule has 0 fully saturated rings. The van der Waals surface area contributed by atoms with Crippen LogP contribution >= 0.6 is 15.9 Å². The molecule has 0 bridgehead atoms. The highest BCUT2D eigenvalue weighted by Crippen LogP contribution is 2.18. The summed E-state index contributed by atoms with van der Waals surface area (Å²) in [6.07, 6.45) is 4.82. The van der Waals surface area contributed by atoms with Gasteiger partial charge in [0.2, 0.25) is 0 Å². The van der Waals surface area contributed by atoms with Gasteiger partial charge in [-0.25, -0.2) is 0 Å². The number of ether oxygens (including phenoxy) is 1. The lowest BCUT2D eigenvalue weighted by Crippen LogP contribution is -2.00. The fourth-order valence-electron chi connectivity index (χ4n) is 1.74. The SMILES string of the molecule is CCCC(Br)CCc1cccc(OCC)c1. The van der Waals surface area contributed by atoms with Gasteiger partial charge in [0, 0.05) is 4.83 Å². The van der Waals surface area contributed by atoms with Gasteiger partial charge < -0.3 is 4.74 Å². The van der Waals surface area contributed by atoms with E-state index in [4.69, 9.17) is 4.74 Å². The standard InChI is InChI=1S/C14H21BrO/c1-3-6-13(15)10-9-12-7-5-8-14(11-12)16-4-2/h5,7-8,11,13H,3-4,6,9-10H2,1-2H3. The van der Waals surface area contributed by atoms with E-state index in [0.29, 0.717) is 4.83 Å². The van der Waals surface area contributed by atoms with Crippen LogP contribution < -0.4 is 4.74 Å². The Balaban J connectivity index is 2.44. The number of rotatable bonds is 7. The van der Waals surface area contributed by atoms with Crippen molar-refractivity contribution in [3.8, 4) is 5.75 Å². The van der Waals surface area contributed by atoms with Crippen molar-refractivity contribution >= 4 is 15.9 Å². The Morgan fingerprint density at radius 3 is 2.75 bits per heavy atom. The predicted octanol–water partition coefficient (Wildman–Crippen LogP) is 4.58. The lowest BCUT2D eigenvalue weighted by atomic mass is 10.1. The van der Waals surface area contributed by atoms with Gasteiger partial charge in [0.15, 0.2) is 0 Å². The summed E-state index contributed by atoms with van der Waals surface area (Å²) >= 11 is 3.71. The number of aryl methyl sites for hydroxylation is 1. The quantitative estimate of drug-likeness (QED) is 0.666. The van der Waals surface area contributed by atoms with Gasteiger partial charge >= 0.3 is 0 Å². The molecule has 1 rings (SSSR count). The monoisotopic (exact) mass is 284 g/mol. The maximum atomic E-state index is 5.49. The zero-order valence-corrected chi connectivity index (χ0v) is 11.8. The second kappa shape index (κ2) is 7.72. The van der Waals surface area contributed by atoms with Gasteiger partial charge in [-0.3, -0.25) is 0 Å². The van der Waals surface area contributed by atoms with E-state index in [2.05, 4.69) is 41.1 Å². The molecular weight excluding hydrogens is 264 g/mol. The van der Waals surface area contributed by atoms with Gasteiger partial charge in [-0.05, 0) is 43.9 Å². The molecule has 1 unspecified atom stereocenters. The molecule has 2 heteroatoms.